The predicted octanol–water partition coefficient (Wildman–Crippen LogP) is 4.03. The molecule has 31 heavy (non-hydrogen) atoms. The molecule has 4 N–H and O–H groups in total. The van der Waals surface area contributed by atoms with Gasteiger partial charge in [-0.05, 0) is 49.2 Å². The van der Waals surface area contributed by atoms with Crippen molar-refractivity contribution in [2.75, 3.05) is 5.32 Å². The zero-order valence-corrected chi connectivity index (χ0v) is 17.1. The molecule has 0 aliphatic heterocycles. The van der Waals surface area contributed by atoms with Crippen LogP contribution in [0.2, 0.25) is 0 Å². The van der Waals surface area contributed by atoms with Gasteiger partial charge in [-0.1, -0.05) is 23.5 Å². The Kier molecular flexibility index (Phi) is 5.54. The maximum Gasteiger partial charge on any atom is 0.417 e. The van der Waals surface area contributed by atoms with E-state index in [1.165, 1.54) is 23.5 Å². The van der Waals surface area contributed by atoms with Crippen molar-refractivity contribution in [3.8, 4) is 10.6 Å². The van der Waals surface area contributed by atoms with Gasteiger partial charge in [0.25, 0.3) is 0 Å². The van der Waals surface area contributed by atoms with Crippen LogP contribution in [-0.4, -0.2) is 27.3 Å². The van der Waals surface area contributed by atoms with Crippen molar-refractivity contribution in [3.63, 3.8) is 0 Å². The second-order valence-corrected chi connectivity index (χ2v) is 8.11. The molecule has 162 valence electrons. The maximum absolute atomic E-state index is 12.7. The van der Waals surface area contributed by atoms with Crippen LogP contribution in [0.5, 0.6) is 0 Å². The molecule has 0 saturated heterocycles. The molecule has 2 aromatic heterocycles. The highest BCUT2D eigenvalue weighted by Crippen LogP contribution is 2.30. The summed E-state index contributed by atoms with van der Waals surface area (Å²) in [6.07, 6.45) is -3.96. The molecule has 2 atom stereocenters. The zero-order chi connectivity index (χ0) is 22.2. The molecule has 11 heteroatoms. The average Bonchev–Trinajstić information content (AvgIpc) is 3.32. The number of anilines is 1. The molecule has 4 rings (SSSR count). The number of nitrogens with zero attached hydrogens (tertiary/aromatic N) is 2. The third-order valence-electron chi connectivity index (χ3n) is 4.84. The van der Waals surface area contributed by atoms with Crippen LogP contribution in [-0.2, 0) is 12.6 Å². The molecular weight excluding hydrogens is 431 g/mol. The summed E-state index contributed by atoms with van der Waals surface area (Å²) in [6, 6.07) is 9.67. The summed E-state index contributed by atoms with van der Waals surface area (Å²) in [5.41, 5.74) is 8.04. The summed E-state index contributed by atoms with van der Waals surface area (Å²) in [4.78, 5) is 13.9. The number of aromatic amines is 1. The summed E-state index contributed by atoms with van der Waals surface area (Å²) in [7, 11) is 0. The van der Waals surface area contributed by atoms with Crippen LogP contribution in [0.1, 0.15) is 18.1 Å². The van der Waals surface area contributed by atoms with Crippen molar-refractivity contribution >= 4 is 27.6 Å². The van der Waals surface area contributed by atoms with E-state index in [1.807, 2.05) is 6.92 Å². The number of aromatic nitrogens is 3. The number of oxazole rings is 1. The monoisotopic (exact) mass is 449 g/mol. The fraction of sp³-hybridized carbons (Fsp3) is 0.250. The minimum absolute atomic E-state index is 0.201. The topological polar surface area (TPSA) is 110 Å². The number of fused-ring (bicyclic) bond motifs is 1. The van der Waals surface area contributed by atoms with Crippen molar-refractivity contribution in [1.29, 1.82) is 0 Å². The average molecular weight is 449 g/mol. The number of benzene rings is 2. The number of hydrogen-bond acceptors (Lipinski definition) is 7. The van der Waals surface area contributed by atoms with Crippen molar-refractivity contribution < 1.29 is 17.6 Å². The highest BCUT2D eigenvalue weighted by molar-refractivity contribution is 7.18. The molecule has 2 heterocycles. The predicted molar refractivity (Wildman–Crippen MR) is 112 cm³/mol. The lowest BCUT2D eigenvalue weighted by atomic mass is 10.0. The van der Waals surface area contributed by atoms with Gasteiger partial charge in [0.15, 0.2) is 5.58 Å². The van der Waals surface area contributed by atoms with Gasteiger partial charge in [0.2, 0.25) is 5.13 Å². The number of halogens is 3. The summed E-state index contributed by atoms with van der Waals surface area (Å²) in [6.45, 7) is 1.87. The highest BCUT2D eigenvalue weighted by Gasteiger charge is 2.30. The van der Waals surface area contributed by atoms with Gasteiger partial charge in [-0.2, -0.15) is 13.2 Å². The molecule has 7 nitrogen and oxygen atoms in total. The van der Waals surface area contributed by atoms with Gasteiger partial charge in [0, 0.05) is 17.6 Å². The van der Waals surface area contributed by atoms with E-state index in [4.69, 9.17) is 10.2 Å². The van der Waals surface area contributed by atoms with Crippen LogP contribution in [0, 0.1) is 0 Å². The third kappa shape index (κ3) is 4.78. The van der Waals surface area contributed by atoms with E-state index < -0.39 is 17.5 Å². The maximum atomic E-state index is 12.7. The summed E-state index contributed by atoms with van der Waals surface area (Å²) >= 11 is 1.31. The van der Waals surface area contributed by atoms with Crippen LogP contribution >= 0.6 is 11.3 Å². The Morgan fingerprint density at radius 3 is 2.65 bits per heavy atom. The number of nitrogens with one attached hydrogen (secondary N) is 2. The van der Waals surface area contributed by atoms with Gasteiger partial charge < -0.3 is 15.5 Å². The molecule has 0 spiro atoms. The molecular formula is C20H18F3N5O2S. The molecule has 0 aliphatic rings. The van der Waals surface area contributed by atoms with Crippen molar-refractivity contribution in [2.24, 2.45) is 5.73 Å². The Morgan fingerprint density at radius 1 is 1.19 bits per heavy atom. The van der Waals surface area contributed by atoms with Gasteiger partial charge in [0.05, 0.1) is 11.1 Å². The van der Waals surface area contributed by atoms with E-state index in [0.717, 1.165) is 17.7 Å². The lowest BCUT2D eigenvalue weighted by Crippen LogP contribution is -2.39. The van der Waals surface area contributed by atoms with Gasteiger partial charge in [-0.15, -0.1) is 10.2 Å². The van der Waals surface area contributed by atoms with Gasteiger partial charge in [-0.25, -0.2) is 4.79 Å². The molecule has 2 aromatic carbocycles. The minimum Gasteiger partial charge on any atom is -0.408 e. The molecule has 0 aliphatic carbocycles. The highest BCUT2D eigenvalue weighted by atomic mass is 32.1. The molecule has 0 saturated carbocycles. The number of hydrogen-bond donors (Lipinski definition) is 3. The van der Waals surface area contributed by atoms with E-state index in [1.54, 1.807) is 18.2 Å². The Balaban J connectivity index is 1.40. The summed E-state index contributed by atoms with van der Waals surface area (Å²) in [5.74, 6) is -0.525. The second kappa shape index (κ2) is 8.16. The van der Waals surface area contributed by atoms with Crippen molar-refractivity contribution in [3.05, 3.63) is 64.1 Å². The Bertz CT molecular complexity index is 1250. The van der Waals surface area contributed by atoms with E-state index >= 15 is 0 Å². The lowest BCUT2D eigenvalue weighted by Gasteiger charge is -2.21. The van der Waals surface area contributed by atoms with Crippen molar-refractivity contribution in [2.45, 2.75) is 31.6 Å². The van der Waals surface area contributed by atoms with Crippen LogP contribution < -0.4 is 16.8 Å². The van der Waals surface area contributed by atoms with Gasteiger partial charge >= 0.3 is 11.9 Å². The smallest absolute Gasteiger partial charge is 0.408 e. The Labute approximate surface area is 178 Å². The van der Waals surface area contributed by atoms with Crippen LogP contribution in [0.15, 0.2) is 51.7 Å². The first kappa shape index (κ1) is 21.1. The zero-order valence-electron chi connectivity index (χ0n) is 16.2. The lowest BCUT2D eigenvalue weighted by molar-refractivity contribution is -0.137. The largest absolute Gasteiger partial charge is 0.417 e. The van der Waals surface area contributed by atoms with E-state index in [0.29, 0.717) is 33.2 Å². The van der Waals surface area contributed by atoms with E-state index in [9.17, 15) is 18.0 Å². The Hall–Kier alpha value is -3.18. The first-order valence-electron chi connectivity index (χ1n) is 9.34. The first-order chi connectivity index (χ1) is 14.7. The van der Waals surface area contributed by atoms with Crippen LogP contribution in [0.3, 0.4) is 0 Å². The fourth-order valence-corrected chi connectivity index (χ4v) is 3.89. The first-order valence-corrected chi connectivity index (χ1v) is 10.2. The molecule has 0 bridgehead atoms. The number of H-pyrrole nitrogens is 1. The van der Waals surface area contributed by atoms with E-state index in [-0.39, 0.29) is 12.1 Å². The molecule has 0 unspecified atom stereocenters. The summed E-state index contributed by atoms with van der Waals surface area (Å²) in [5, 5.41) is 12.7. The second-order valence-electron chi connectivity index (χ2n) is 7.13. The normalized spacial score (nSPS) is 14.0. The van der Waals surface area contributed by atoms with E-state index in [2.05, 4.69) is 20.5 Å². The number of nitrogens with two attached hydrogens (primary N) is 1. The molecule has 0 radical (unpaired) electrons. The standard InChI is InChI=1S/C20H18F3N5O2S/c1-10(14(24)8-11-2-5-13(6-3-11)20(21,22)23)25-18-28-27-17(31-18)12-4-7-15-16(9-12)30-19(29)26-15/h2-7,9-10,14H,8,24H2,1H3,(H,25,28)(H,26,29)/t10-,14+/m0/s1. The quantitative estimate of drug-likeness (QED) is 0.410. The Morgan fingerprint density at radius 2 is 1.94 bits per heavy atom. The molecule has 4 aromatic rings. The number of rotatable bonds is 6. The minimum atomic E-state index is -4.36. The summed E-state index contributed by atoms with van der Waals surface area (Å²) < 4.78 is 43.1. The fourth-order valence-electron chi connectivity index (χ4n) is 3.06. The van der Waals surface area contributed by atoms with Gasteiger partial charge in [0.1, 0.15) is 5.01 Å². The third-order valence-corrected chi connectivity index (χ3v) is 5.74. The molecule has 0 amide bonds. The van der Waals surface area contributed by atoms with Crippen LogP contribution in [0.4, 0.5) is 18.3 Å². The van der Waals surface area contributed by atoms with Gasteiger partial charge in [-0.3, -0.25) is 4.98 Å². The van der Waals surface area contributed by atoms with Crippen LogP contribution in [0.25, 0.3) is 21.7 Å². The van der Waals surface area contributed by atoms with Crippen molar-refractivity contribution in [1.82, 2.24) is 15.2 Å². The molecule has 0 fully saturated rings. The SMILES string of the molecule is C[C@H](Nc1nnc(-c2ccc3[nH]c(=O)oc3c2)s1)[C@H](N)Cc1ccc(C(F)(F)F)cc1. The number of alkyl halides is 3.